The van der Waals surface area contributed by atoms with E-state index in [-0.39, 0.29) is 23.8 Å². The van der Waals surface area contributed by atoms with Gasteiger partial charge in [-0.1, -0.05) is 41.5 Å². The summed E-state index contributed by atoms with van der Waals surface area (Å²) in [7, 11) is 0. The van der Waals surface area contributed by atoms with Gasteiger partial charge in [0.05, 0.1) is 22.8 Å². The molecule has 0 aliphatic carbocycles. The number of esters is 1. The lowest BCUT2D eigenvalue weighted by molar-refractivity contribution is -0.138. The van der Waals surface area contributed by atoms with E-state index in [1.807, 2.05) is 38.1 Å². The summed E-state index contributed by atoms with van der Waals surface area (Å²) in [6.07, 6.45) is 1.73. The van der Waals surface area contributed by atoms with Gasteiger partial charge >= 0.3 is 5.97 Å². The number of likely N-dealkylation sites (N-methyl/N-ethyl adjacent to an activating group) is 1. The Morgan fingerprint density at radius 1 is 1.19 bits per heavy atom. The molecule has 3 N–H and O–H groups in total. The fraction of sp³-hybridized carbons (Fsp3) is 0.370. The fourth-order valence-corrected chi connectivity index (χ4v) is 5.25. The molecule has 0 spiro atoms. The molecule has 2 aromatic rings. The standard InChI is InChI=1S/C27H33BrN4O4S/c1-6-32(7-2)14-13-29-25(34)22-16(4)20(30-17(22)5)15-21-24(33)23(27(35)36-8-3)26(37-21)31-19-11-9-18(28)10-12-19/h9-12,15,30,33H,6-8,13-14H2,1-5H3,(H,29,34)/b21-15+,31-26?. The number of aliphatic hydroxyl groups excluding tert-OH is 1. The number of benzene rings is 1. The molecule has 1 amide bonds. The molecule has 8 nitrogen and oxygen atoms in total. The van der Waals surface area contributed by atoms with Gasteiger partial charge in [0.25, 0.3) is 5.91 Å². The Hall–Kier alpha value is -2.82. The molecule has 3 rings (SSSR count). The van der Waals surface area contributed by atoms with Crippen LogP contribution >= 0.6 is 27.7 Å². The number of aromatic nitrogens is 1. The number of aryl methyl sites for hydroxylation is 1. The maximum absolute atomic E-state index is 12.9. The number of amides is 1. The molecule has 0 saturated heterocycles. The topological polar surface area (TPSA) is 107 Å². The molecule has 1 aliphatic rings. The van der Waals surface area contributed by atoms with Gasteiger partial charge in [0.15, 0.2) is 0 Å². The van der Waals surface area contributed by atoms with Crippen molar-refractivity contribution in [3.8, 4) is 0 Å². The third-order valence-electron chi connectivity index (χ3n) is 6.01. The summed E-state index contributed by atoms with van der Waals surface area (Å²) in [4.78, 5) is 36.1. The van der Waals surface area contributed by atoms with Crippen LogP contribution in [0.5, 0.6) is 0 Å². The highest BCUT2D eigenvalue weighted by Crippen LogP contribution is 2.40. The van der Waals surface area contributed by atoms with Gasteiger partial charge < -0.3 is 25.0 Å². The van der Waals surface area contributed by atoms with Crippen molar-refractivity contribution >= 4 is 56.4 Å². The quantitative estimate of drug-likeness (QED) is 0.309. The van der Waals surface area contributed by atoms with Crippen molar-refractivity contribution in [2.45, 2.75) is 34.6 Å². The highest BCUT2D eigenvalue weighted by atomic mass is 79.9. The number of aromatic amines is 1. The molecule has 2 heterocycles. The molecule has 10 heteroatoms. The predicted octanol–water partition coefficient (Wildman–Crippen LogP) is 5.66. The molecule has 0 unspecified atom stereocenters. The first-order chi connectivity index (χ1) is 17.7. The third-order valence-corrected chi connectivity index (χ3v) is 7.56. The Bertz CT molecular complexity index is 1240. The van der Waals surface area contributed by atoms with Crippen molar-refractivity contribution in [3.05, 3.63) is 67.5 Å². The van der Waals surface area contributed by atoms with E-state index in [4.69, 9.17) is 4.74 Å². The van der Waals surface area contributed by atoms with E-state index in [2.05, 4.69) is 50.0 Å². The first-order valence-electron chi connectivity index (χ1n) is 12.2. The number of nitrogens with one attached hydrogen (secondary N) is 2. The number of thioether (sulfide) groups is 1. The normalized spacial score (nSPS) is 15.8. The largest absolute Gasteiger partial charge is 0.506 e. The first kappa shape index (κ1) is 28.7. The summed E-state index contributed by atoms with van der Waals surface area (Å²) in [5.41, 5.74) is 3.40. The van der Waals surface area contributed by atoms with E-state index in [9.17, 15) is 14.7 Å². The summed E-state index contributed by atoms with van der Waals surface area (Å²) in [6.45, 7) is 13.0. The van der Waals surface area contributed by atoms with Crippen LogP contribution in [-0.2, 0) is 9.53 Å². The average Bonchev–Trinajstić information content (AvgIpc) is 3.32. The Kier molecular flexibility index (Phi) is 10.2. The zero-order chi connectivity index (χ0) is 27.1. The molecule has 37 heavy (non-hydrogen) atoms. The number of hydrogen-bond donors (Lipinski definition) is 3. The number of ether oxygens (including phenoxy) is 1. The van der Waals surface area contributed by atoms with Crippen LogP contribution in [0.25, 0.3) is 6.08 Å². The highest BCUT2D eigenvalue weighted by Gasteiger charge is 2.33. The highest BCUT2D eigenvalue weighted by molar-refractivity contribution is 9.10. The van der Waals surface area contributed by atoms with E-state index >= 15 is 0 Å². The summed E-state index contributed by atoms with van der Waals surface area (Å²) in [5, 5.41) is 14.3. The van der Waals surface area contributed by atoms with Crippen LogP contribution in [0.15, 0.2) is 50.0 Å². The van der Waals surface area contributed by atoms with Crippen LogP contribution in [-0.4, -0.2) is 64.7 Å². The fourth-order valence-electron chi connectivity index (χ4n) is 3.97. The smallest absolute Gasteiger partial charge is 0.344 e. The van der Waals surface area contributed by atoms with Crippen molar-refractivity contribution in [1.29, 1.82) is 0 Å². The van der Waals surface area contributed by atoms with Crippen LogP contribution in [0.4, 0.5) is 5.69 Å². The lowest BCUT2D eigenvalue weighted by atomic mass is 10.1. The number of rotatable bonds is 10. The number of halogens is 1. The Labute approximate surface area is 230 Å². The average molecular weight is 590 g/mol. The maximum atomic E-state index is 12.9. The van der Waals surface area contributed by atoms with E-state index in [0.29, 0.717) is 33.4 Å². The molecule has 0 fully saturated rings. The number of carbonyl (C=O) groups excluding carboxylic acids is 2. The molecular formula is C27H33BrN4O4S. The van der Waals surface area contributed by atoms with Crippen molar-refractivity contribution in [2.75, 3.05) is 32.8 Å². The van der Waals surface area contributed by atoms with Crippen molar-refractivity contribution in [1.82, 2.24) is 15.2 Å². The van der Waals surface area contributed by atoms with Gasteiger partial charge in [-0.15, -0.1) is 0 Å². The van der Waals surface area contributed by atoms with Gasteiger partial charge in [-0.25, -0.2) is 9.79 Å². The molecular weight excluding hydrogens is 556 g/mol. The second-order valence-corrected chi connectivity index (χ2v) is 10.3. The van der Waals surface area contributed by atoms with E-state index < -0.39 is 5.97 Å². The molecule has 0 atom stereocenters. The van der Waals surface area contributed by atoms with Gasteiger partial charge in [0, 0.05) is 29.0 Å². The minimum atomic E-state index is -0.639. The SMILES string of the molecule is CCOC(=O)C1=C(O)/C(=C\c2[nH]c(C)c(C(=O)NCCN(CC)CC)c2C)SC1=Nc1ccc(Br)cc1. The lowest BCUT2D eigenvalue weighted by Crippen LogP contribution is -2.35. The van der Waals surface area contributed by atoms with Gasteiger partial charge in [-0.2, -0.15) is 0 Å². The Balaban J connectivity index is 1.91. The number of H-pyrrole nitrogens is 1. The summed E-state index contributed by atoms with van der Waals surface area (Å²) in [6, 6.07) is 7.32. The zero-order valence-electron chi connectivity index (χ0n) is 21.8. The van der Waals surface area contributed by atoms with Gasteiger partial charge in [0.1, 0.15) is 16.4 Å². The number of hydrogen-bond acceptors (Lipinski definition) is 7. The van der Waals surface area contributed by atoms with E-state index in [1.54, 1.807) is 13.0 Å². The summed E-state index contributed by atoms with van der Waals surface area (Å²) >= 11 is 4.58. The maximum Gasteiger partial charge on any atom is 0.344 e. The number of nitrogens with zero attached hydrogens (tertiary/aromatic N) is 2. The first-order valence-corrected chi connectivity index (χ1v) is 13.9. The molecule has 0 radical (unpaired) electrons. The van der Waals surface area contributed by atoms with E-state index in [1.165, 1.54) is 11.8 Å². The van der Waals surface area contributed by atoms with Crippen LogP contribution in [0, 0.1) is 13.8 Å². The monoisotopic (exact) mass is 588 g/mol. The number of aliphatic imine (C=N–C) groups is 1. The summed E-state index contributed by atoms with van der Waals surface area (Å²) < 4.78 is 6.09. The third kappa shape index (κ3) is 6.94. The molecule has 1 aromatic heterocycles. The predicted molar refractivity (Wildman–Crippen MR) is 153 cm³/mol. The van der Waals surface area contributed by atoms with Crippen LogP contribution < -0.4 is 5.32 Å². The van der Waals surface area contributed by atoms with Crippen LogP contribution in [0.1, 0.15) is 48.1 Å². The van der Waals surface area contributed by atoms with Gasteiger partial charge in [-0.05, 0) is 69.8 Å². The summed E-state index contributed by atoms with van der Waals surface area (Å²) in [5.74, 6) is -0.984. The van der Waals surface area contributed by atoms with Crippen LogP contribution in [0.3, 0.4) is 0 Å². The van der Waals surface area contributed by atoms with E-state index in [0.717, 1.165) is 35.4 Å². The molecule has 0 bridgehead atoms. The molecule has 0 saturated carbocycles. The zero-order valence-corrected chi connectivity index (χ0v) is 24.2. The molecule has 198 valence electrons. The van der Waals surface area contributed by atoms with Crippen molar-refractivity contribution in [3.63, 3.8) is 0 Å². The minimum Gasteiger partial charge on any atom is -0.506 e. The second-order valence-electron chi connectivity index (χ2n) is 8.39. The number of aliphatic hydroxyl groups is 1. The number of carbonyl (C=O) groups is 2. The van der Waals surface area contributed by atoms with Crippen molar-refractivity contribution in [2.24, 2.45) is 4.99 Å². The second kappa shape index (κ2) is 13.1. The van der Waals surface area contributed by atoms with Crippen molar-refractivity contribution < 1.29 is 19.4 Å². The minimum absolute atomic E-state index is 0.0244. The molecule has 1 aromatic carbocycles. The van der Waals surface area contributed by atoms with Gasteiger partial charge in [-0.3, -0.25) is 4.79 Å². The Morgan fingerprint density at radius 2 is 1.86 bits per heavy atom. The van der Waals surface area contributed by atoms with Gasteiger partial charge in [0.2, 0.25) is 0 Å². The molecule has 1 aliphatic heterocycles. The lowest BCUT2D eigenvalue weighted by Gasteiger charge is -2.18. The van der Waals surface area contributed by atoms with Crippen LogP contribution in [0.2, 0.25) is 0 Å². The Morgan fingerprint density at radius 3 is 2.49 bits per heavy atom.